The molecule has 2 atom stereocenters. The van der Waals surface area contributed by atoms with Crippen LogP contribution in [0.3, 0.4) is 0 Å². The number of rotatable bonds is 3. The van der Waals surface area contributed by atoms with Crippen LogP contribution in [0.2, 0.25) is 0 Å². The van der Waals surface area contributed by atoms with Crippen molar-refractivity contribution in [2.24, 2.45) is 11.3 Å². The summed E-state index contributed by atoms with van der Waals surface area (Å²) in [6.45, 7) is 7.11. The van der Waals surface area contributed by atoms with Crippen molar-refractivity contribution in [1.29, 1.82) is 0 Å². The first-order valence-corrected chi connectivity index (χ1v) is 5.86. The molecule has 0 saturated heterocycles. The summed E-state index contributed by atoms with van der Waals surface area (Å²) in [4.78, 5) is 0. The number of nitrogens with one attached hydrogen (secondary N) is 1. The highest BCUT2D eigenvalue weighted by molar-refractivity contribution is 5.02. The van der Waals surface area contributed by atoms with Gasteiger partial charge in [-0.05, 0) is 37.5 Å². The summed E-state index contributed by atoms with van der Waals surface area (Å²) in [5.74, 6) is 0.969. The van der Waals surface area contributed by atoms with Gasteiger partial charge in [-0.2, -0.15) is 0 Å². The van der Waals surface area contributed by atoms with Gasteiger partial charge in [0.1, 0.15) is 0 Å². The normalized spacial score (nSPS) is 34.8. The third-order valence-corrected chi connectivity index (χ3v) is 4.08. The second-order valence-corrected chi connectivity index (χ2v) is 5.75. The molecular weight excluding hydrogens is 158 g/mol. The van der Waals surface area contributed by atoms with Crippen LogP contribution in [-0.2, 0) is 0 Å². The third kappa shape index (κ3) is 2.07. The average Bonchev–Trinajstić information content (AvgIpc) is 2.58. The maximum atomic E-state index is 3.79. The molecule has 76 valence electrons. The van der Waals surface area contributed by atoms with Crippen molar-refractivity contribution in [3.8, 4) is 0 Å². The van der Waals surface area contributed by atoms with Crippen LogP contribution in [-0.4, -0.2) is 12.1 Å². The van der Waals surface area contributed by atoms with Gasteiger partial charge in [-0.1, -0.05) is 26.7 Å². The molecule has 0 spiro atoms. The average molecular weight is 181 g/mol. The molecule has 1 heteroatoms. The summed E-state index contributed by atoms with van der Waals surface area (Å²) in [5.41, 5.74) is 0.590. The van der Waals surface area contributed by atoms with E-state index in [9.17, 15) is 0 Å². The van der Waals surface area contributed by atoms with Crippen molar-refractivity contribution in [2.45, 2.75) is 65.0 Å². The Morgan fingerprint density at radius 1 is 1.23 bits per heavy atom. The molecule has 2 unspecified atom stereocenters. The molecule has 2 rings (SSSR count). The molecule has 0 aromatic heterocycles. The molecule has 1 nitrogen and oxygen atoms in total. The van der Waals surface area contributed by atoms with Gasteiger partial charge in [0.2, 0.25) is 0 Å². The Morgan fingerprint density at radius 3 is 2.23 bits per heavy atom. The van der Waals surface area contributed by atoms with Crippen LogP contribution in [0.15, 0.2) is 0 Å². The Morgan fingerprint density at radius 2 is 1.77 bits per heavy atom. The monoisotopic (exact) mass is 181 g/mol. The molecule has 0 aromatic rings. The van der Waals surface area contributed by atoms with E-state index in [1.54, 1.807) is 0 Å². The smallest absolute Gasteiger partial charge is 0.0127 e. The summed E-state index contributed by atoms with van der Waals surface area (Å²) in [7, 11) is 0. The highest BCUT2D eigenvalue weighted by atomic mass is 15.0. The molecule has 0 heterocycles. The molecular formula is C12H23N. The molecule has 2 saturated carbocycles. The maximum absolute atomic E-state index is 3.79. The minimum absolute atomic E-state index is 0.590. The Labute approximate surface area is 82.3 Å². The lowest BCUT2D eigenvalue weighted by Gasteiger charge is -2.21. The zero-order chi connectivity index (χ0) is 9.47. The van der Waals surface area contributed by atoms with Gasteiger partial charge in [0.25, 0.3) is 0 Å². The van der Waals surface area contributed by atoms with Crippen LogP contribution in [0.5, 0.6) is 0 Å². The first-order chi connectivity index (χ1) is 6.09. The summed E-state index contributed by atoms with van der Waals surface area (Å²) in [5, 5.41) is 3.79. The van der Waals surface area contributed by atoms with Crippen LogP contribution in [0.1, 0.15) is 52.9 Å². The molecule has 13 heavy (non-hydrogen) atoms. The Bertz CT molecular complexity index is 180. The Hall–Kier alpha value is -0.0400. The second-order valence-electron chi connectivity index (χ2n) is 5.75. The summed E-state index contributed by atoms with van der Waals surface area (Å²) in [6, 6.07) is 1.57. The van der Waals surface area contributed by atoms with Crippen molar-refractivity contribution in [1.82, 2.24) is 5.32 Å². The Kier molecular flexibility index (Phi) is 2.39. The zero-order valence-corrected chi connectivity index (χ0v) is 9.27. The summed E-state index contributed by atoms with van der Waals surface area (Å²) in [6.07, 6.45) is 7.22. The van der Waals surface area contributed by atoms with Crippen molar-refractivity contribution in [3.63, 3.8) is 0 Å². The standard InChI is InChI=1S/C12H23N/c1-9(10-6-4-5-7-10)13-11-8-12(11,2)3/h9-11,13H,4-8H2,1-3H3. The van der Waals surface area contributed by atoms with Crippen LogP contribution >= 0.6 is 0 Å². The van der Waals surface area contributed by atoms with Crippen LogP contribution in [0.4, 0.5) is 0 Å². The molecule has 0 aromatic carbocycles. The molecule has 0 bridgehead atoms. The van der Waals surface area contributed by atoms with E-state index in [0.717, 1.165) is 18.0 Å². The van der Waals surface area contributed by atoms with E-state index >= 15 is 0 Å². The topological polar surface area (TPSA) is 12.0 Å². The Balaban J connectivity index is 1.75. The van der Waals surface area contributed by atoms with Crippen LogP contribution in [0.25, 0.3) is 0 Å². The van der Waals surface area contributed by atoms with Crippen molar-refractivity contribution < 1.29 is 0 Å². The van der Waals surface area contributed by atoms with Crippen molar-refractivity contribution in [2.75, 3.05) is 0 Å². The van der Waals surface area contributed by atoms with E-state index in [0.29, 0.717) is 5.41 Å². The minimum Gasteiger partial charge on any atom is -0.311 e. The second kappa shape index (κ2) is 3.27. The van der Waals surface area contributed by atoms with Crippen LogP contribution < -0.4 is 5.32 Å². The van der Waals surface area contributed by atoms with Gasteiger partial charge in [0.05, 0.1) is 0 Å². The molecule has 1 N–H and O–H groups in total. The SMILES string of the molecule is CC(NC1CC1(C)C)C1CCCC1. The fourth-order valence-corrected chi connectivity index (χ4v) is 2.66. The van der Waals surface area contributed by atoms with Crippen LogP contribution in [0, 0.1) is 11.3 Å². The van der Waals surface area contributed by atoms with E-state index < -0.39 is 0 Å². The number of hydrogen-bond donors (Lipinski definition) is 1. The van der Waals surface area contributed by atoms with Gasteiger partial charge < -0.3 is 5.32 Å². The maximum Gasteiger partial charge on any atom is 0.0127 e. The lowest BCUT2D eigenvalue weighted by atomic mass is 9.99. The quantitative estimate of drug-likeness (QED) is 0.706. The van der Waals surface area contributed by atoms with Gasteiger partial charge in [-0.25, -0.2) is 0 Å². The van der Waals surface area contributed by atoms with Gasteiger partial charge >= 0.3 is 0 Å². The third-order valence-electron chi connectivity index (χ3n) is 4.08. The number of hydrogen-bond acceptors (Lipinski definition) is 1. The van der Waals surface area contributed by atoms with Gasteiger partial charge in [-0.3, -0.25) is 0 Å². The molecule has 0 aliphatic heterocycles. The van der Waals surface area contributed by atoms with E-state index in [1.165, 1.54) is 32.1 Å². The molecule has 0 radical (unpaired) electrons. The molecule has 2 aliphatic carbocycles. The molecule has 0 amide bonds. The van der Waals surface area contributed by atoms with Gasteiger partial charge in [-0.15, -0.1) is 0 Å². The zero-order valence-electron chi connectivity index (χ0n) is 9.27. The largest absolute Gasteiger partial charge is 0.311 e. The predicted molar refractivity (Wildman–Crippen MR) is 56.7 cm³/mol. The van der Waals surface area contributed by atoms with Crippen molar-refractivity contribution >= 4 is 0 Å². The van der Waals surface area contributed by atoms with E-state index in [1.807, 2.05) is 0 Å². The van der Waals surface area contributed by atoms with Gasteiger partial charge in [0, 0.05) is 12.1 Å². The first-order valence-electron chi connectivity index (χ1n) is 5.86. The highest BCUT2D eigenvalue weighted by Crippen LogP contribution is 2.45. The van der Waals surface area contributed by atoms with Crippen molar-refractivity contribution in [3.05, 3.63) is 0 Å². The van der Waals surface area contributed by atoms with E-state index in [-0.39, 0.29) is 0 Å². The summed E-state index contributed by atoms with van der Waals surface area (Å²) >= 11 is 0. The lowest BCUT2D eigenvalue weighted by molar-refractivity contribution is 0.362. The predicted octanol–water partition coefficient (Wildman–Crippen LogP) is 2.95. The molecule has 2 fully saturated rings. The fourth-order valence-electron chi connectivity index (χ4n) is 2.66. The first kappa shape index (κ1) is 9.51. The highest BCUT2D eigenvalue weighted by Gasteiger charge is 2.46. The lowest BCUT2D eigenvalue weighted by Crippen LogP contribution is -2.35. The summed E-state index contributed by atoms with van der Waals surface area (Å²) < 4.78 is 0. The minimum atomic E-state index is 0.590. The fraction of sp³-hybridized carbons (Fsp3) is 1.00. The van der Waals surface area contributed by atoms with E-state index in [4.69, 9.17) is 0 Å². The van der Waals surface area contributed by atoms with E-state index in [2.05, 4.69) is 26.1 Å². The van der Waals surface area contributed by atoms with Gasteiger partial charge in [0.15, 0.2) is 0 Å². The molecule has 2 aliphatic rings.